The van der Waals surface area contributed by atoms with Crippen molar-refractivity contribution >= 4 is 60.7 Å². The fourth-order valence-electron chi connectivity index (χ4n) is 14.9. The molecule has 0 N–H and O–H groups in total. The molecule has 2 aromatic heterocycles. The van der Waals surface area contributed by atoms with Crippen molar-refractivity contribution in [2.45, 2.75) is 38.5 Å². The maximum atomic E-state index is 2.49. The lowest BCUT2D eigenvalue weighted by molar-refractivity contribution is 0.660. The standard InChI is InChI=1S/C84H61N3/c1-83(2)75-50-60(58-35-45-81-73(48-58)71-27-14-16-29-79(71)86(81)62-23-10-6-11-24-62)33-41-67(75)69-43-39-65(52-77(69)83)85(64-37-31-55(32-38-64)57-22-18-21-56(47-57)54-19-8-5-9-20-54)66-40-44-70-68-42-34-61(51-76(68)84(3,4)78(70)53-66)59-36-46-82-74(49-59)72-28-15-17-30-80(72)87(82)63-25-12-7-13-26-63/h5-53H,1-4H3. The Morgan fingerprint density at radius 1 is 0.230 bits per heavy atom. The number of fused-ring (bicyclic) bond motifs is 12. The fraction of sp³-hybridized carbons (Fsp3) is 0.0714. The largest absolute Gasteiger partial charge is 0.310 e. The van der Waals surface area contributed by atoms with E-state index in [4.69, 9.17) is 0 Å². The molecule has 15 aromatic rings. The number of para-hydroxylation sites is 4. The average molecular weight is 1110 g/mol. The minimum Gasteiger partial charge on any atom is -0.310 e. The maximum absolute atomic E-state index is 2.49. The number of aromatic nitrogens is 2. The Labute approximate surface area is 508 Å². The van der Waals surface area contributed by atoms with Crippen LogP contribution in [0, 0.1) is 0 Å². The van der Waals surface area contributed by atoms with Crippen LogP contribution in [0.1, 0.15) is 49.9 Å². The molecule has 87 heavy (non-hydrogen) atoms. The van der Waals surface area contributed by atoms with Gasteiger partial charge in [-0.3, -0.25) is 0 Å². The van der Waals surface area contributed by atoms with Crippen LogP contribution in [0.5, 0.6) is 0 Å². The number of rotatable bonds is 9. The van der Waals surface area contributed by atoms with Crippen molar-refractivity contribution in [3.8, 4) is 78.1 Å². The Balaban J connectivity index is 0.748. The van der Waals surface area contributed by atoms with E-state index in [0.717, 1.165) is 17.1 Å². The van der Waals surface area contributed by atoms with E-state index in [2.05, 4.69) is 339 Å². The van der Waals surface area contributed by atoms with Gasteiger partial charge in [0.2, 0.25) is 0 Å². The number of hydrogen-bond donors (Lipinski definition) is 0. The molecule has 0 bridgehead atoms. The fourth-order valence-corrected chi connectivity index (χ4v) is 14.9. The van der Waals surface area contributed by atoms with Gasteiger partial charge in [-0.25, -0.2) is 0 Å². The summed E-state index contributed by atoms with van der Waals surface area (Å²) in [4.78, 5) is 2.49. The van der Waals surface area contributed by atoms with Crippen molar-refractivity contribution in [1.82, 2.24) is 9.13 Å². The molecule has 3 nitrogen and oxygen atoms in total. The summed E-state index contributed by atoms with van der Waals surface area (Å²) in [6.45, 7) is 9.65. The summed E-state index contributed by atoms with van der Waals surface area (Å²) in [7, 11) is 0. The van der Waals surface area contributed by atoms with E-state index in [1.54, 1.807) is 0 Å². The molecule has 2 aliphatic carbocycles. The molecule has 0 aliphatic heterocycles. The minimum atomic E-state index is -0.272. The van der Waals surface area contributed by atoms with Crippen LogP contribution >= 0.6 is 0 Å². The van der Waals surface area contributed by atoms with Crippen LogP contribution in [-0.4, -0.2) is 9.13 Å². The van der Waals surface area contributed by atoms with Gasteiger partial charge in [0.25, 0.3) is 0 Å². The summed E-state index contributed by atoms with van der Waals surface area (Å²) in [5, 5.41) is 5.04. The predicted molar refractivity (Wildman–Crippen MR) is 367 cm³/mol. The topological polar surface area (TPSA) is 13.1 Å². The van der Waals surface area contributed by atoms with E-state index in [1.807, 2.05) is 0 Å². The predicted octanol–water partition coefficient (Wildman–Crippen LogP) is 22.6. The van der Waals surface area contributed by atoms with E-state index in [-0.39, 0.29) is 10.8 Å². The van der Waals surface area contributed by atoms with E-state index < -0.39 is 0 Å². The Morgan fingerprint density at radius 3 is 1.02 bits per heavy atom. The monoisotopic (exact) mass is 1110 g/mol. The second-order valence-corrected chi connectivity index (χ2v) is 24.9. The Hall–Kier alpha value is -10.7. The summed E-state index contributed by atoms with van der Waals surface area (Å²) < 4.78 is 4.79. The van der Waals surface area contributed by atoms with Gasteiger partial charge in [0.05, 0.1) is 22.1 Å². The van der Waals surface area contributed by atoms with Crippen LogP contribution in [0.15, 0.2) is 297 Å². The second kappa shape index (κ2) is 19.4. The molecule has 0 saturated carbocycles. The zero-order valence-corrected chi connectivity index (χ0v) is 49.1. The van der Waals surface area contributed by atoms with Gasteiger partial charge in [0.1, 0.15) is 0 Å². The van der Waals surface area contributed by atoms with Gasteiger partial charge in [-0.2, -0.15) is 0 Å². The first kappa shape index (κ1) is 50.7. The molecule has 3 heteroatoms. The van der Waals surface area contributed by atoms with E-state index in [0.29, 0.717) is 0 Å². The van der Waals surface area contributed by atoms with Crippen LogP contribution in [0.3, 0.4) is 0 Å². The normalized spacial score (nSPS) is 13.5. The third-order valence-corrected chi connectivity index (χ3v) is 19.3. The molecular formula is C84H61N3. The van der Waals surface area contributed by atoms with Crippen molar-refractivity contribution in [2.24, 2.45) is 0 Å². The Kier molecular flexibility index (Phi) is 11.3. The molecule has 2 heterocycles. The van der Waals surface area contributed by atoms with Crippen LogP contribution in [0.2, 0.25) is 0 Å². The van der Waals surface area contributed by atoms with E-state index in [9.17, 15) is 0 Å². The lowest BCUT2D eigenvalue weighted by atomic mass is 9.81. The molecule has 13 aromatic carbocycles. The third kappa shape index (κ3) is 7.96. The Morgan fingerprint density at radius 2 is 0.552 bits per heavy atom. The highest BCUT2D eigenvalue weighted by Gasteiger charge is 2.39. The maximum Gasteiger partial charge on any atom is 0.0541 e. The van der Waals surface area contributed by atoms with Gasteiger partial charge in [0, 0.05) is 60.8 Å². The molecular weight excluding hydrogens is 1050 g/mol. The number of benzene rings is 13. The van der Waals surface area contributed by atoms with Gasteiger partial charge in [-0.05, 0) is 204 Å². The molecule has 412 valence electrons. The van der Waals surface area contributed by atoms with Gasteiger partial charge < -0.3 is 14.0 Å². The highest BCUT2D eigenvalue weighted by molar-refractivity contribution is 6.12. The molecule has 0 saturated heterocycles. The lowest BCUT2D eigenvalue weighted by Gasteiger charge is -2.30. The van der Waals surface area contributed by atoms with Crippen LogP contribution in [0.4, 0.5) is 17.1 Å². The van der Waals surface area contributed by atoms with Crippen molar-refractivity contribution < 1.29 is 0 Å². The number of nitrogens with zero attached hydrogens (tertiary/aromatic N) is 3. The zero-order chi connectivity index (χ0) is 58.1. The van der Waals surface area contributed by atoms with Crippen molar-refractivity contribution in [3.05, 3.63) is 320 Å². The van der Waals surface area contributed by atoms with E-state index in [1.165, 1.54) is 144 Å². The minimum absolute atomic E-state index is 0.272. The van der Waals surface area contributed by atoms with Crippen LogP contribution in [0.25, 0.3) is 122 Å². The molecule has 0 fully saturated rings. The first-order valence-electron chi connectivity index (χ1n) is 30.5. The third-order valence-electron chi connectivity index (χ3n) is 19.3. The van der Waals surface area contributed by atoms with Gasteiger partial charge in [0.15, 0.2) is 0 Å². The molecule has 0 unspecified atom stereocenters. The SMILES string of the molecule is CC1(C)c2cc(-c3ccc4c(c3)c3ccccc3n4-c3ccccc3)ccc2-c2ccc(N(c3ccc(-c4cccc(-c5ccccc5)c4)cc3)c3ccc4c(c3)C(C)(C)c3cc(-c5ccc6c(c5)c5ccccc5n6-c5ccccc5)ccc3-4)cc21. The van der Waals surface area contributed by atoms with Gasteiger partial charge in [-0.1, -0.05) is 210 Å². The number of anilines is 3. The first-order chi connectivity index (χ1) is 42.6. The molecule has 17 rings (SSSR count). The van der Waals surface area contributed by atoms with Crippen LogP contribution in [-0.2, 0) is 10.8 Å². The smallest absolute Gasteiger partial charge is 0.0541 e. The summed E-state index contributed by atoms with van der Waals surface area (Å²) in [5.41, 5.74) is 30.3. The first-order valence-corrected chi connectivity index (χ1v) is 30.5. The highest BCUT2D eigenvalue weighted by atomic mass is 15.1. The van der Waals surface area contributed by atoms with Crippen molar-refractivity contribution in [2.75, 3.05) is 4.90 Å². The molecule has 2 aliphatic rings. The molecule has 0 spiro atoms. The lowest BCUT2D eigenvalue weighted by Crippen LogP contribution is -2.18. The van der Waals surface area contributed by atoms with Crippen molar-refractivity contribution in [1.29, 1.82) is 0 Å². The summed E-state index contributed by atoms with van der Waals surface area (Å²) in [6.07, 6.45) is 0. The van der Waals surface area contributed by atoms with Gasteiger partial charge in [-0.15, -0.1) is 0 Å². The van der Waals surface area contributed by atoms with Crippen molar-refractivity contribution in [3.63, 3.8) is 0 Å². The highest BCUT2D eigenvalue weighted by Crippen LogP contribution is 2.55. The summed E-state index contributed by atoms with van der Waals surface area (Å²) >= 11 is 0. The second-order valence-electron chi connectivity index (χ2n) is 24.9. The van der Waals surface area contributed by atoms with Crippen LogP contribution < -0.4 is 4.90 Å². The number of hydrogen-bond acceptors (Lipinski definition) is 1. The average Bonchev–Trinajstić information content (AvgIpc) is 1.83. The quantitative estimate of drug-likeness (QED) is 0.140. The molecule has 0 radical (unpaired) electrons. The summed E-state index contributed by atoms with van der Waals surface area (Å²) in [5.74, 6) is 0. The zero-order valence-electron chi connectivity index (χ0n) is 49.1. The molecule has 0 amide bonds. The molecule has 0 atom stereocenters. The van der Waals surface area contributed by atoms with E-state index >= 15 is 0 Å². The van der Waals surface area contributed by atoms with Gasteiger partial charge >= 0.3 is 0 Å². The summed E-state index contributed by atoms with van der Waals surface area (Å²) in [6, 6.07) is 111. The Bertz CT molecular complexity index is 4990.